The van der Waals surface area contributed by atoms with Gasteiger partial charge in [-0.15, -0.1) is 11.3 Å². The van der Waals surface area contributed by atoms with Gasteiger partial charge in [0, 0.05) is 12.6 Å². The Morgan fingerprint density at radius 2 is 2.22 bits per heavy atom. The van der Waals surface area contributed by atoms with E-state index in [1.165, 1.54) is 4.70 Å². The molecule has 116 valence electrons. The SMILES string of the molecule is O=C(C=Cc1ccsc1)N1CCCC1c1nc2ccccc2s1. The monoisotopic (exact) mass is 340 g/mol. The summed E-state index contributed by atoms with van der Waals surface area (Å²) in [7, 11) is 0. The minimum Gasteiger partial charge on any atom is -0.330 e. The van der Waals surface area contributed by atoms with Crippen LogP contribution in [0.25, 0.3) is 16.3 Å². The summed E-state index contributed by atoms with van der Waals surface area (Å²) < 4.78 is 1.19. The molecule has 2 aromatic heterocycles. The summed E-state index contributed by atoms with van der Waals surface area (Å²) in [5, 5.41) is 5.11. The summed E-state index contributed by atoms with van der Waals surface area (Å²) in [6.07, 6.45) is 5.62. The van der Waals surface area contributed by atoms with Crippen LogP contribution in [0.2, 0.25) is 0 Å². The zero-order valence-corrected chi connectivity index (χ0v) is 14.1. The van der Waals surface area contributed by atoms with Crippen LogP contribution in [0.3, 0.4) is 0 Å². The van der Waals surface area contributed by atoms with Crippen molar-refractivity contribution in [1.29, 1.82) is 0 Å². The first-order chi connectivity index (χ1) is 11.3. The minimum atomic E-state index is 0.0814. The van der Waals surface area contributed by atoms with Crippen molar-refractivity contribution in [2.75, 3.05) is 6.54 Å². The quantitative estimate of drug-likeness (QED) is 0.646. The summed E-state index contributed by atoms with van der Waals surface area (Å²) in [5.74, 6) is 0.0814. The van der Waals surface area contributed by atoms with Gasteiger partial charge in [0.1, 0.15) is 5.01 Å². The standard InChI is InChI=1S/C18H16N2OS2/c21-17(8-7-13-9-11-22-12-13)20-10-3-5-15(20)18-19-14-4-1-2-6-16(14)23-18/h1-2,4,6-9,11-12,15H,3,5,10H2. The Kier molecular flexibility index (Phi) is 3.97. The van der Waals surface area contributed by atoms with Crippen LogP contribution in [0.4, 0.5) is 0 Å². The first-order valence-electron chi connectivity index (χ1n) is 7.67. The van der Waals surface area contributed by atoms with E-state index in [0.717, 1.165) is 35.5 Å². The van der Waals surface area contributed by atoms with Gasteiger partial charge in [0.2, 0.25) is 5.91 Å². The lowest BCUT2D eigenvalue weighted by molar-refractivity contribution is -0.126. The number of thiophene rings is 1. The molecule has 4 rings (SSSR count). The molecule has 0 N–H and O–H groups in total. The topological polar surface area (TPSA) is 33.2 Å². The number of amides is 1. The molecule has 1 aliphatic rings. The highest BCUT2D eigenvalue weighted by atomic mass is 32.1. The van der Waals surface area contributed by atoms with E-state index in [1.54, 1.807) is 28.7 Å². The Labute approximate surface area is 142 Å². The molecule has 0 saturated carbocycles. The minimum absolute atomic E-state index is 0.0814. The van der Waals surface area contributed by atoms with E-state index in [2.05, 4.69) is 6.07 Å². The fourth-order valence-electron chi connectivity index (χ4n) is 2.95. The first kappa shape index (κ1) is 14.6. The van der Waals surface area contributed by atoms with Crippen LogP contribution >= 0.6 is 22.7 Å². The maximum atomic E-state index is 12.6. The number of nitrogens with zero attached hydrogens (tertiary/aromatic N) is 2. The van der Waals surface area contributed by atoms with Gasteiger partial charge in [0.25, 0.3) is 0 Å². The summed E-state index contributed by atoms with van der Waals surface area (Å²) in [6.45, 7) is 0.813. The van der Waals surface area contributed by atoms with Crippen LogP contribution < -0.4 is 0 Å². The second-order valence-corrected chi connectivity index (χ2v) is 7.44. The second kappa shape index (κ2) is 6.26. The van der Waals surface area contributed by atoms with E-state index < -0.39 is 0 Å². The highest BCUT2D eigenvalue weighted by molar-refractivity contribution is 7.18. The zero-order chi connectivity index (χ0) is 15.6. The van der Waals surface area contributed by atoms with Crippen molar-refractivity contribution >= 4 is 44.9 Å². The molecule has 0 radical (unpaired) electrons. The second-order valence-electron chi connectivity index (χ2n) is 5.60. The van der Waals surface area contributed by atoms with Crippen molar-refractivity contribution in [2.45, 2.75) is 18.9 Å². The van der Waals surface area contributed by atoms with Crippen molar-refractivity contribution in [3.8, 4) is 0 Å². The van der Waals surface area contributed by atoms with Gasteiger partial charge < -0.3 is 4.90 Å². The molecule has 0 spiro atoms. The number of carbonyl (C=O) groups is 1. The van der Waals surface area contributed by atoms with Crippen LogP contribution in [0, 0.1) is 0 Å². The molecule has 1 aliphatic heterocycles. The number of aromatic nitrogens is 1. The third-order valence-corrected chi connectivity index (χ3v) is 5.93. The van der Waals surface area contributed by atoms with Crippen molar-refractivity contribution in [2.24, 2.45) is 0 Å². The van der Waals surface area contributed by atoms with Gasteiger partial charge in [-0.05, 0) is 53.4 Å². The molecule has 1 saturated heterocycles. The molecule has 3 nitrogen and oxygen atoms in total. The molecule has 3 aromatic rings. The highest BCUT2D eigenvalue weighted by Gasteiger charge is 2.31. The molecule has 5 heteroatoms. The summed E-state index contributed by atoms with van der Waals surface area (Å²) in [4.78, 5) is 19.3. The maximum absolute atomic E-state index is 12.6. The molecule has 1 aromatic carbocycles. The molecule has 1 fully saturated rings. The average Bonchev–Trinajstić information content (AvgIpc) is 3.31. The predicted molar refractivity (Wildman–Crippen MR) is 96.7 cm³/mol. The van der Waals surface area contributed by atoms with E-state index in [4.69, 9.17) is 4.98 Å². The number of hydrogen-bond acceptors (Lipinski definition) is 4. The van der Waals surface area contributed by atoms with Crippen LogP contribution in [-0.2, 0) is 4.79 Å². The summed E-state index contributed by atoms with van der Waals surface area (Å²) >= 11 is 3.34. The Morgan fingerprint density at radius 1 is 1.30 bits per heavy atom. The number of hydrogen-bond donors (Lipinski definition) is 0. The third kappa shape index (κ3) is 2.94. The van der Waals surface area contributed by atoms with E-state index in [-0.39, 0.29) is 11.9 Å². The molecule has 1 atom stereocenters. The molecule has 1 amide bonds. The van der Waals surface area contributed by atoms with E-state index >= 15 is 0 Å². The smallest absolute Gasteiger partial charge is 0.247 e. The molecule has 0 aliphatic carbocycles. The van der Waals surface area contributed by atoms with Gasteiger partial charge >= 0.3 is 0 Å². The highest BCUT2D eigenvalue weighted by Crippen LogP contribution is 2.36. The Bertz CT molecular complexity index is 818. The normalized spacial score (nSPS) is 18.3. The number of para-hydroxylation sites is 1. The van der Waals surface area contributed by atoms with E-state index in [0.29, 0.717) is 0 Å². The fourth-order valence-corrected chi connectivity index (χ4v) is 4.70. The van der Waals surface area contributed by atoms with Gasteiger partial charge in [0.05, 0.1) is 16.3 Å². The zero-order valence-electron chi connectivity index (χ0n) is 12.5. The summed E-state index contributed by atoms with van der Waals surface area (Å²) in [6, 6.07) is 10.3. The van der Waals surface area contributed by atoms with Crippen molar-refractivity contribution < 1.29 is 4.79 Å². The molecule has 0 bridgehead atoms. The maximum Gasteiger partial charge on any atom is 0.247 e. The van der Waals surface area contributed by atoms with Gasteiger partial charge in [-0.3, -0.25) is 4.79 Å². The van der Waals surface area contributed by atoms with Gasteiger partial charge in [-0.2, -0.15) is 11.3 Å². The lowest BCUT2D eigenvalue weighted by Crippen LogP contribution is -2.28. The molecule has 3 heterocycles. The van der Waals surface area contributed by atoms with Gasteiger partial charge in [-0.1, -0.05) is 12.1 Å². The molecule has 1 unspecified atom stereocenters. The van der Waals surface area contributed by atoms with Crippen LogP contribution in [0.15, 0.2) is 47.2 Å². The van der Waals surface area contributed by atoms with Crippen molar-refractivity contribution in [3.05, 3.63) is 57.7 Å². The van der Waals surface area contributed by atoms with Crippen LogP contribution in [0.5, 0.6) is 0 Å². The van der Waals surface area contributed by atoms with Gasteiger partial charge in [-0.25, -0.2) is 4.98 Å². The van der Waals surface area contributed by atoms with Crippen molar-refractivity contribution in [3.63, 3.8) is 0 Å². The Morgan fingerprint density at radius 3 is 3.04 bits per heavy atom. The number of fused-ring (bicyclic) bond motifs is 1. The van der Waals surface area contributed by atoms with Gasteiger partial charge in [0.15, 0.2) is 0 Å². The van der Waals surface area contributed by atoms with Crippen molar-refractivity contribution in [1.82, 2.24) is 9.88 Å². The largest absolute Gasteiger partial charge is 0.330 e. The first-order valence-corrected chi connectivity index (χ1v) is 9.43. The lowest BCUT2D eigenvalue weighted by atomic mass is 10.2. The predicted octanol–water partition coefficient (Wildman–Crippen LogP) is 4.73. The number of rotatable bonds is 3. The third-order valence-electron chi connectivity index (χ3n) is 4.09. The lowest BCUT2D eigenvalue weighted by Gasteiger charge is -2.21. The Balaban J connectivity index is 1.57. The van der Waals surface area contributed by atoms with Crippen LogP contribution in [0.1, 0.15) is 29.5 Å². The number of likely N-dealkylation sites (tertiary alicyclic amines) is 1. The van der Waals surface area contributed by atoms with E-state index in [1.807, 2.05) is 46.0 Å². The number of carbonyl (C=O) groups excluding carboxylic acids is 1. The number of thiazole rings is 1. The molecular weight excluding hydrogens is 324 g/mol. The average molecular weight is 340 g/mol. The molecule has 23 heavy (non-hydrogen) atoms. The number of benzene rings is 1. The Hall–Kier alpha value is -1.98. The van der Waals surface area contributed by atoms with Crippen LogP contribution in [-0.4, -0.2) is 22.3 Å². The fraction of sp³-hybridized carbons (Fsp3) is 0.222. The summed E-state index contributed by atoms with van der Waals surface area (Å²) in [5.41, 5.74) is 2.11. The van der Waals surface area contributed by atoms with E-state index in [9.17, 15) is 4.79 Å². The molecular formula is C18H16N2OS2.